The van der Waals surface area contributed by atoms with Crippen LogP contribution >= 0.6 is 11.8 Å². The minimum atomic E-state index is -0.534. The maximum atomic E-state index is 13.5. The number of amides is 2. The van der Waals surface area contributed by atoms with Gasteiger partial charge in [0, 0.05) is 21.7 Å². The number of carbonyl (C=O) groups is 3. The van der Waals surface area contributed by atoms with E-state index < -0.39 is 11.8 Å². The first-order valence-corrected chi connectivity index (χ1v) is 14.3. The molecule has 4 rings (SSSR count). The topological polar surface area (TPSA) is 103 Å². The number of thioether (sulfide) groups is 1. The second kappa shape index (κ2) is 14.7. The summed E-state index contributed by atoms with van der Waals surface area (Å²) >= 11 is 1.41. The molecule has 0 atom stereocenters. The van der Waals surface area contributed by atoms with Gasteiger partial charge in [-0.3, -0.25) is 14.4 Å². The molecule has 43 heavy (non-hydrogen) atoms. The maximum absolute atomic E-state index is 13.5. The lowest BCUT2D eigenvalue weighted by Gasteiger charge is -2.15. The Morgan fingerprint density at radius 3 is 1.98 bits per heavy atom. The van der Waals surface area contributed by atoms with Crippen LogP contribution in [0.4, 0.5) is 5.69 Å². The van der Waals surface area contributed by atoms with Gasteiger partial charge >= 0.3 is 0 Å². The van der Waals surface area contributed by atoms with Gasteiger partial charge in [-0.05, 0) is 67.1 Å². The van der Waals surface area contributed by atoms with Crippen LogP contribution in [0.3, 0.4) is 0 Å². The number of hydrogen-bond donors (Lipinski definition) is 2. The van der Waals surface area contributed by atoms with Crippen LogP contribution in [0.15, 0.2) is 102 Å². The molecule has 0 fully saturated rings. The van der Waals surface area contributed by atoms with E-state index in [4.69, 9.17) is 14.2 Å². The molecule has 0 aromatic heterocycles. The minimum Gasteiger partial charge on any atom is -0.493 e. The van der Waals surface area contributed by atoms with E-state index in [-0.39, 0.29) is 11.5 Å². The summed E-state index contributed by atoms with van der Waals surface area (Å²) in [6, 6.07) is 26.6. The third kappa shape index (κ3) is 8.27. The molecule has 9 heteroatoms. The number of anilines is 1. The van der Waals surface area contributed by atoms with Gasteiger partial charge in [-0.2, -0.15) is 0 Å². The summed E-state index contributed by atoms with van der Waals surface area (Å²) in [6.07, 6.45) is 1.53. The monoisotopic (exact) mass is 596 g/mol. The summed E-state index contributed by atoms with van der Waals surface area (Å²) in [7, 11) is 4.49. The number of ketones is 1. The zero-order valence-corrected chi connectivity index (χ0v) is 25.1. The Labute approximate surface area is 255 Å². The van der Waals surface area contributed by atoms with E-state index in [2.05, 4.69) is 10.6 Å². The van der Waals surface area contributed by atoms with Crippen molar-refractivity contribution in [2.75, 3.05) is 32.4 Å². The van der Waals surface area contributed by atoms with Crippen LogP contribution in [0.1, 0.15) is 31.8 Å². The zero-order chi connectivity index (χ0) is 30.8. The average Bonchev–Trinajstić information content (AvgIpc) is 3.04. The Kier molecular flexibility index (Phi) is 10.6. The number of hydrogen-bond acceptors (Lipinski definition) is 7. The predicted octanol–water partition coefficient (Wildman–Crippen LogP) is 6.41. The predicted molar refractivity (Wildman–Crippen MR) is 169 cm³/mol. The highest BCUT2D eigenvalue weighted by Gasteiger charge is 2.18. The third-order valence-corrected chi connectivity index (χ3v) is 7.39. The quantitative estimate of drug-likeness (QED) is 0.111. The van der Waals surface area contributed by atoms with Crippen molar-refractivity contribution in [1.29, 1.82) is 0 Å². The molecular weight excluding hydrogens is 564 g/mol. The first-order chi connectivity index (χ1) is 20.8. The third-order valence-electron chi connectivity index (χ3n) is 6.38. The molecule has 220 valence electrons. The molecule has 0 aliphatic rings. The van der Waals surface area contributed by atoms with Crippen molar-refractivity contribution in [3.05, 3.63) is 119 Å². The molecule has 8 nitrogen and oxygen atoms in total. The highest BCUT2D eigenvalue weighted by molar-refractivity contribution is 8.00. The Hall–Kier alpha value is -5.02. The van der Waals surface area contributed by atoms with E-state index in [1.807, 2.05) is 43.3 Å². The smallest absolute Gasteiger partial charge is 0.272 e. The fourth-order valence-electron chi connectivity index (χ4n) is 4.10. The van der Waals surface area contributed by atoms with Crippen LogP contribution < -0.4 is 24.8 Å². The van der Waals surface area contributed by atoms with Gasteiger partial charge in [-0.25, -0.2) is 0 Å². The van der Waals surface area contributed by atoms with Gasteiger partial charge in [-0.15, -0.1) is 11.8 Å². The van der Waals surface area contributed by atoms with E-state index in [1.54, 1.807) is 54.6 Å². The molecule has 0 unspecified atom stereocenters. The van der Waals surface area contributed by atoms with Gasteiger partial charge in [-0.1, -0.05) is 48.0 Å². The van der Waals surface area contributed by atoms with Gasteiger partial charge in [0.1, 0.15) is 5.70 Å². The van der Waals surface area contributed by atoms with Gasteiger partial charge < -0.3 is 24.8 Å². The Morgan fingerprint density at radius 2 is 1.40 bits per heavy atom. The Balaban J connectivity index is 1.53. The van der Waals surface area contributed by atoms with Crippen LogP contribution in [0.5, 0.6) is 17.2 Å². The van der Waals surface area contributed by atoms with E-state index in [0.29, 0.717) is 45.4 Å². The highest BCUT2D eigenvalue weighted by atomic mass is 32.2. The minimum absolute atomic E-state index is 0.00488. The summed E-state index contributed by atoms with van der Waals surface area (Å²) in [5.41, 5.74) is 3.23. The molecule has 4 aromatic rings. The molecule has 0 radical (unpaired) electrons. The first-order valence-electron chi connectivity index (χ1n) is 13.3. The molecule has 0 bridgehead atoms. The second-order valence-corrected chi connectivity index (χ2v) is 10.4. The Bertz CT molecular complexity index is 1590. The molecule has 4 aromatic carbocycles. The van der Waals surface area contributed by atoms with Gasteiger partial charge in [0.2, 0.25) is 5.75 Å². The summed E-state index contributed by atoms with van der Waals surface area (Å²) in [4.78, 5) is 39.9. The standard InChI is InChI=1S/C34H32N2O6S/c1-22-10-12-24(13-11-22)29(37)21-43-27-16-14-26(15-17-27)35-34(39)28(36-33(38)25-8-6-5-7-9-25)18-23-19-30(40-2)32(42-4)31(20-23)41-3/h5-20H,21H2,1-4H3,(H,35,39)(H,36,38)/b28-18-. The lowest BCUT2D eigenvalue weighted by molar-refractivity contribution is -0.113. The molecule has 0 spiro atoms. The summed E-state index contributed by atoms with van der Waals surface area (Å²) in [5, 5.41) is 5.56. The zero-order valence-electron chi connectivity index (χ0n) is 24.3. The molecule has 0 saturated heterocycles. The van der Waals surface area contributed by atoms with Crippen LogP contribution in [-0.2, 0) is 4.79 Å². The number of aryl methyl sites for hydroxylation is 1. The summed E-state index contributed by atoms with van der Waals surface area (Å²) in [5.74, 6) is 0.556. The number of benzene rings is 4. The van der Waals surface area contributed by atoms with Crippen molar-refractivity contribution < 1.29 is 28.6 Å². The van der Waals surface area contributed by atoms with Crippen molar-refractivity contribution in [2.24, 2.45) is 0 Å². The van der Waals surface area contributed by atoms with Crippen molar-refractivity contribution in [1.82, 2.24) is 5.32 Å². The number of Topliss-reactive ketones (excluding diaryl/α,β-unsaturated/α-hetero) is 1. The summed E-state index contributed by atoms with van der Waals surface area (Å²) < 4.78 is 16.3. The van der Waals surface area contributed by atoms with Gasteiger partial charge in [0.15, 0.2) is 17.3 Å². The van der Waals surface area contributed by atoms with Crippen LogP contribution in [0.2, 0.25) is 0 Å². The molecule has 0 heterocycles. The second-order valence-electron chi connectivity index (χ2n) is 9.39. The number of nitrogens with one attached hydrogen (secondary N) is 2. The number of carbonyl (C=O) groups excluding carboxylic acids is 3. The first kappa shape index (κ1) is 30.9. The van der Waals surface area contributed by atoms with Crippen molar-refractivity contribution in [3.63, 3.8) is 0 Å². The van der Waals surface area contributed by atoms with Crippen LogP contribution in [-0.4, -0.2) is 44.7 Å². The maximum Gasteiger partial charge on any atom is 0.272 e. The van der Waals surface area contributed by atoms with Gasteiger partial charge in [0.05, 0.1) is 27.1 Å². The van der Waals surface area contributed by atoms with Crippen LogP contribution in [0, 0.1) is 6.92 Å². The molecular formula is C34H32N2O6S. The Morgan fingerprint density at radius 1 is 0.767 bits per heavy atom. The SMILES string of the molecule is COc1cc(/C=C(\NC(=O)c2ccccc2)C(=O)Nc2ccc(SCC(=O)c3ccc(C)cc3)cc2)cc(OC)c1OC. The fourth-order valence-corrected chi connectivity index (χ4v) is 4.89. The molecule has 0 saturated carbocycles. The molecule has 2 N–H and O–H groups in total. The largest absolute Gasteiger partial charge is 0.493 e. The summed E-state index contributed by atoms with van der Waals surface area (Å²) in [6.45, 7) is 1.98. The van der Waals surface area contributed by atoms with Crippen molar-refractivity contribution >= 4 is 41.1 Å². The number of methoxy groups -OCH3 is 3. The van der Waals surface area contributed by atoms with E-state index in [0.717, 1.165) is 10.5 Å². The van der Waals surface area contributed by atoms with E-state index >= 15 is 0 Å². The van der Waals surface area contributed by atoms with Crippen LogP contribution in [0.25, 0.3) is 6.08 Å². The average molecular weight is 597 g/mol. The van der Waals surface area contributed by atoms with Crippen molar-refractivity contribution in [2.45, 2.75) is 11.8 Å². The number of rotatable bonds is 12. The van der Waals surface area contributed by atoms with E-state index in [9.17, 15) is 14.4 Å². The molecule has 0 aliphatic heterocycles. The van der Waals surface area contributed by atoms with Gasteiger partial charge in [0.25, 0.3) is 11.8 Å². The lowest BCUT2D eigenvalue weighted by Crippen LogP contribution is -2.30. The lowest BCUT2D eigenvalue weighted by atomic mass is 10.1. The molecule has 0 aliphatic carbocycles. The highest BCUT2D eigenvalue weighted by Crippen LogP contribution is 2.38. The molecule has 2 amide bonds. The fraction of sp³-hybridized carbons (Fsp3) is 0.147. The van der Waals surface area contributed by atoms with Crippen molar-refractivity contribution in [3.8, 4) is 17.2 Å². The normalized spacial score (nSPS) is 10.9. The number of ether oxygens (including phenoxy) is 3. The van der Waals surface area contributed by atoms with E-state index in [1.165, 1.54) is 39.2 Å².